The molecule has 0 unspecified atom stereocenters. The number of carbonyl (C=O) groups is 2. The molecular weight excluding hydrogens is 474 g/mol. The summed E-state index contributed by atoms with van der Waals surface area (Å²) in [6.45, 7) is 4.59. The van der Waals surface area contributed by atoms with Crippen LogP contribution in [0.1, 0.15) is 17.3 Å². The molecule has 1 fully saturated rings. The number of piperazine rings is 1. The number of amides is 1. The van der Waals surface area contributed by atoms with E-state index in [1.165, 1.54) is 6.20 Å². The van der Waals surface area contributed by atoms with E-state index >= 15 is 0 Å². The molecule has 2 heterocycles. The molecule has 0 N–H and O–H groups in total. The molecule has 0 radical (unpaired) electrons. The molecule has 1 aliphatic heterocycles. The predicted octanol–water partition coefficient (Wildman–Crippen LogP) is 3.90. The normalized spacial score (nSPS) is 13.8. The zero-order valence-electron chi connectivity index (χ0n) is 17.8. The summed E-state index contributed by atoms with van der Waals surface area (Å²) < 4.78 is 11.7. The number of halogens is 1. The van der Waals surface area contributed by atoms with Crippen molar-refractivity contribution >= 4 is 44.4 Å². The Hall–Kier alpha value is -3.13. The minimum atomic E-state index is -0.375. The van der Waals surface area contributed by atoms with Gasteiger partial charge in [-0.2, -0.15) is 0 Å². The van der Waals surface area contributed by atoms with E-state index in [2.05, 4.69) is 25.8 Å². The summed E-state index contributed by atoms with van der Waals surface area (Å²) in [6.07, 6.45) is 1.53. The van der Waals surface area contributed by atoms with Crippen molar-refractivity contribution in [2.24, 2.45) is 0 Å². The lowest BCUT2D eigenvalue weighted by atomic mass is 10.1. The first-order valence-electron chi connectivity index (χ1n) is 10.5. The first-order chi connectivity index (χ1) is 15.6. The molecular formula is C24H24BrN3O4. The van der Waals surface area contributed by atoms with Gasteiger partial charge in [-0.1, -0.05) is 30.3 Å². The average molecular weight is 498 g/mol. The molecule has 8 heteroatoms. The maximum Gasteiger partial charge on any atom is 0.339 e. The summed E-state index contributed by atoms with van der Waals surface area (Å²) in [5.74, 6) is 1.01. The highest BCUT2D eigenvalue weighted by Gasteiger charge is 2.23. The number of hydrogen-bond acceptors (Lipinski definition) is 6. The SMILES string of the molecule is CCOC(=O)c1ccc(N2CCN(C(=O)COc3ccc4ccccc4c3Br)CC2)nc1. The molecule has 1 aliphatic rings. The molecule has 4 rings (SSSR count). The number of fused-ring (bicyclic) bond motifs is 1. The summed E-state index contributed by atoms with van der Waals surface area (Å²) >= 11 is 3.59. The van der Waals surface area contributed by atoms with Crippen molar-refractivity contribution < 1.29 is 19.1 Å². The van der Waals surface area contributed by atoms with Gasteiger partial charge in [-0.3, -0.25) is 4.79 Å². The Bertz CT molecular complexity index is 1110. The standard InChI is InChI=1S/C24H24BrN3O4/c1-2-31-24(30)18-8-10-21(26-15-18)27-11-13-28(14-12-27)22(29)16-32-20-9-7-17-5-3-4-6-19(17)23(20)25/h3-10,15H,2,11-14,16H2,1H3. The molecule has 0 atom stereocenters. The largest absolute Gasteiger partial charge is 0.483 e. The Morgan fingerprint density at radius 3 is 2.53 bits per heavy atom. The van der Waals surface area contributed by atoms with E-state index in [1.54, 1.807) is 17.9 Å². The van der Waals surface area contributed by atoms with Gasteiger partial charge in [0.2, 0.25) is 0 Å². The second kappa shape index (κ2) is 9.99. The van der Waals surface area contributed by atoms with Gasteiger partial charge in [0.1, 0.15) is 11.6 Å². The number of rotatable bonds is 6. The topological polar surface area (TPSA) is 72.0 Å². The van der Waals surface area contributed by atoms with E-state index in [9.17, 15) is 9.59 Å². The summed E-state index contributed by atoms with van der Waals surface area (Å²) in [6, 6.07) is 15.4. The van der Waals surface area contributed by atoms with Gasteiger partial charge in [-0.25, -0.2) is 9.78 Å². The van der Waals surface area contributed by atoms with E-state index in [0.717, 1.165) is 21.1 Å². The maximum atomic E-state index is 12.7. The van der Waals surface area contributed by atoms with Crippen LogP contribution in [0.4, 0.5) is 5.82 Å². The van der Waals surface area contributed by atoms with Crippen LogP contribution < -0.4 is 9.64 Å². The molecule has 0 spiro atoms. The lowest BCUT2D eigenvalue weighted by Gasteiger charge is -2.35. The Labute approximate surface area is 195 Å². The third kappa shape index (κ3) is 4.85. The van der Waals surface area contributed by atoms with Crippen LogP contribution in [-0.4, -0.2) is 61.2 Å². The molecule has 0 saturated carbocycles. The molecule has 2 aromatic carbocycles. The van der Waals surface area contributed by atoms with Crippen molar-refractivity contribution in [2.75, 3.05) is 44.3 Å². The fraction of sp³-hybridized carbons (Fsp3) is 0.292. The fourth-order valence-corrected chi connectivity index (χ4v) is 4.26. The third-order valence-electron chi connectivity index (χ3n) is 5.39. The van der Waals surface area contributed by atoms with Gasteiger partial charge in [0.05, 0.1) is 16.6 Å². The van der Waals surface area contributed by atoms with E-state index in [1.807, 2.05) is 42.5 Å². The Balaban J connectivity index is 1.30. The Morgan fingerprint density at radius 1 is 1.03 bits per heavy atom. The number of aromatic nitrogens is 1. The van der Waals surface area contributed by atoms with E-state index < -0.39 is 0 Å². The third-order valence-corrected chi connectivity index (χ3v) is 6.21. The molecule has 1 amide bonds. The van der Waals surface area contributed by atoms with Crippen LogP contribution >= 0.6 is 15.9 Å². The minimum Gasteiger partial charge on any atom is -0.483 e. The second-order valence-corrected chi connectivity index (χ2v) is 8.17. The van der Waals surface area contributed by atoms with Crippen LogP contribution in [0.2, 0.25) is 0 Å². The van der Waals surface area contributed by atoms with E-state index in [4.69, 9.17) is 9.47 Å². The summed E-state index contributed by atoms with van der Waals surface area (Å²) in [4.78, 5) is 32.7. The van der Waals surface area contributed by atoms with Gasteiger partial charge < -0.3 is 19.3 Å². The van der Waals surface area contributed by atoms with Crippen molar-refractivity contribution in [3.8, 4) is 5.75 Å². The van der Waals surface area contributed by atoms with Gasteiger partial charge in [0.15, 0.2) is 6.61 Å². The van der Waals surface area contributed by atoms with Gasteiger partial charge in [0, 0.05) is 32.4 Å². The Kier molecular flexibility index (Phi) is 6.90. The van der Waals surface area contributed by atoms with Gasteiger partial charge in [0.25, 0.3) is 5.91 Å². The monoisotopic (exact) mass is 497 g/mol. The van der Waals surface area contributed by atoms with Gasteiger partial charge in [-0.15, -0.1) is 0 Å². The average Bonchev–Trinajstić information content (AvgIpc) is 2.84. The van der Waals surface area contributed by atoms with Crippen LogP contribution in [-0.2, 0) is 9.53 Å². The molecule has 166 valence electrons. The molecule has 32 heavy (non-hydrogen) atoms. The van der Waals surface area contributed by atoms with Crippen molar-refractivity contribution in [1.82, 2.24) is 9.88 Å². The van der Waals surface area contributed by atoms with Gasteiger partial charge >= 0.3 is 5.97 Å². The predicted molar refractivity (Wildman–Crippen MR) is 126 cm³/mol. The first-order valence-corrected chi connectivity index (χ1v) is 11.3. The quantitative estimate of drug-likeness (QED) is 0.481. The molecule has 1 saturated heterocycles. The van der Waals surface area contributed by atoms with Crippen LogP contribution in [0.15, 0.2) is 59.2 Å². The van der Waals surface area contributed by atoms with Crippen molar-refractivity contribution in [3.05, 3.63) is 64.8 Å². The number of esters is 1. The number of nitrogens with zero attached hydrogens (tertiary/aromatic N) is 3. The summed E-state index contributed by atoms with van der Waals surface area (Å²) in [7, 11) is 0. The Morgan fingerprint density at radius 2 is 1.81 bits per heavy atom. The van der Waals surface area contributed by atoms with Crippen LogP contribution in [0, 0.1) is 0 Å². The highest BCUT2D eigenvalue weighted by molar-refractivity contribution is 9.10. The molecule has 3 aromatic rings. The number of pyridine rings is 1. The summed E-state index contributed by atoms with van der Waals surface area (Å²) in [5.41, 5.74) is 0.432. The maximum absolute atomic E-state index is 12.7. The highest BCUT2D eigenvalue weighted by Crippen LogP contribution is 2.33. The van der Waals surface area contributed by atoms with E-state index in [0.29, 0.717) is 44.1 Å². The number of carbonyl (C=O) groups excluding carboxylic acids is 2. The van der Waals surface area contributed by atoms with E-state index in [-0.39, 0.29) is 18.5 Å². The molecule has 0 aliphatic carbocycles. The number of hydrogen-bond donors (Lipinski definition) is 0. The zero-order chi connectivity index (χ0) is 22.5. The lowest BCUT2D eigenvalue weighted by molar-refractivity contribution is -0.133. The molecule has 0 bridgehead atoms. The first kappa shape index (κ1) is 22.1. The minimum absolute atomic E-state index is 0.0105. The number of ether oxygens (including phenoxy) is 2. The van der Waals surface area contributed by atoms with Crippen molar-refractivity contribution in [1.29, 1.82) is 0 Å². The second-order valence-electron chi connectivity index (χ2n) is 7.38. The lowest BCUT2D eigenvalue weighted by Crippen LogP contribution is -2.50. The zero-order valence-corrected chi connectivity index (χ0v) is 19.4. The fourth-order valence-electron chi connectivity index (χ4n) is 3.65. The van der Waals surface area contributed by atoms with Crippen LogP contribution in [0.5, 0.6) is 5.75 Å². The number of anilines is 1. The molecule has 1 aromatic heterocycles. The smallest absolute Gasteiger partial charge is 0.339 e. The van der Waals surface area contributed by atoms with Crippen LogP contribution in [0.25, 0.3) is 10.8 Å². The summed E-state index contributed by atoms with van der Waals surface area (Å²) in [5, 5.41) is 2.16. The number of benzene rings is 2. The van der Waals surface area contributed by atoms with Gasteiger partial charge in [-0.05, 0) is 51.8 Å². The highest BCUT2D eigenvalue weighted by atomic mass is 79.9. The van der Waals surface area contributed by atoms with Crippen molar-refractivity contribution in [2.45, 2.75) is 6.92 Å². The van der Waals surface area contributed by atoms with Crippen molar-refractivity contribution in [3.63, 3.8) is 0 Å². The van der Waals surface area contributed by atoms with Crippen LogP contribution in [0.3, 0.4) is 0 Å². The molecule has 7 nitrogen and oxygen atoms in total.